The van der Waals surface area contributed by atoms with Gasteiger partial charge in [-0.25, -0.2) is 0 Å². The SMILES string of the molecule is CC12CC=C(c3c4c#cccc4c(-c4ccccc4)c4ccccc34)C=C1Sc1cccc(-c3c4c(c(-c5ccc6c(c5)sc5ccccc56)c5ccccc35)C=CCC4)c12. The smallest absolute Gasteiger partial charge is 0.0412 e. The highest BCUT2D eigenvalue weighted by Gasteiger charge is 2.43. The molecule has 0 amide bonds. The molecule has 2 heteroatoms. The Bertz CT molecular complexity index is 3540. The first-order chi connectivity index (χ1) is 30.1. The van der Waals surface area contributed by atoms with Crippen LogP contribution in [0, 0.1) is 12.1 Å². The van der Waals surface area contributed by atoms with Crippen molar-refractivity contribution in [3.8, 4) is 33.4 Å². The Morgan fingerprint density at radius 3 is 2.15 bits per heavy atom. The fourth-order valence-electron chi connectivity index (χ4n) is 10.9. The molecule has 0 N–H and O–H groups in total. The Morgan fingerprint density at radius 1 is 0.590 bits per heavy atom. The van der Waals surface area contributed by atoms with Crippen LogP contribution in [0.3, 0.4) is 0 Å². The van der Waals surface area contributed by atoms with E-state index in [0.717, 1.165) is 24.6 Å². The highest BCUT2D eigenvalue weighted by molar-refractivity contribution is 8.03. The number of thioether (sulfide) groups is 1. The van der Waals surface area contributed by atoms with Gasteiger partial charge in [0.2, 0.25) is 0 Å². The Kier molecular flexibility index (Phi) is 7.74. The molecule has 0 nitrogen and oxygen atoms in total. The molecule has 2 heterocycles. The van der Waals surface area contributed by atoms with Crippen molar-refractivity contribution in [3.05, 3.63) is 209 Å². The van der Waals surface area contributed by atoms with Crippen LogP contribution in [0.2, 0.25) is 0 Å². The monoisotopic (exact) mass is 810 g/mol. The van der Waals surface area contributed by atoms with Crippen molar-refractivity contribution in [1.29, 1.82) is 0 Å². The summed E-state index contributed by atoms with van der Waals surface area (Å²) in [5.74, 6) is 0. The van der Waals surface area contributed by atoms with Crippen molar-refractivity contribution in [3.63, 3.8) is 0 Å². The van der Waals surface area contributed by atoms with Gasteiger partial charge < -0.3 is 0 Å². The third kappa shape index (κ3) is 5.15. The van der Waals surface area contributed by atoms with Crippen LogP contribution in [0.15, 0.2) is 180 Å². The van der Waals surface area contributed by atoms with Gasteiger partial charge in [-0.15, -0.1) is 11.3 Å². The summed E-state index contributed by atoms with van der Waals surface area (Å²) in [7, 11) is 0. The second kappa shape index (κ2) is 13.4. The molecule has 10 aromatic rings. The third-order valence-corrected chi connectivity index (χ3v) is 16.1. The molecule has 0 bridgehead atoms. The van der Waals surface area contributed by atoms with Crippen LogP contribution in [-0.2, 0) is 11.8 Å². The molecule has 61 heavy (non-hydrogen) atoms. The third-order valence-electron chi connectivity index (χ3n) is 13.6. The zero-order valence-corrected chi connectivity index (χ0v) is 35.3. The summed E-state index contributed by atoms with van der Waals surface area (Å²) in [6.07, 6.45) is 12.8. The molecular formula is C59H38S2. The fraction of sp³-hybridized carbons (Fsp3) is 0.0847. The first-order valence-corrected chi connectivity index (χ1v) is 23.0. The zero-order valence-electron chi connectivity index (χ0n) is 33.7. The standard InChI is InChI=1S/C59H38S2/c1-59-33-32-38(56-43-21-7-5-19-41(43)54(36-16-3-2-4-17-36)42-20-6-8-22-44(42)56)35-53(59)61-51-29-15-27-49(58(51)59)57-47-25-11-9-23-45(47)55(46-24-10-12-26-48(46)57)37-30-31-40-39-18-13-14-28-50(39)60-52(40)34-37/h2-7,9-11,13-21,23-25,27-32,34-35H,12,26,33H2,1H3. The number of hydrogen-bond donors (Lipinski definition) is 0. The van der Waals surface area contributed by atoms with Crippen molar-refractivity contribution < 1.29 is 0 Å². The Balaban J connectivity index is 0.983. The Morgan fingerprint density at radius 2 is 1.31 bits per heavy atom. The second-order valence-corrected chi connectivity index (χ2v) is 19.1. The van der Waals surface area contributed by atoms with Gasteiger partial charge in [-0.05, 0) is 138 Å². The molecule has 0 fully saturated rings. The highest BCUT2D eigenvalue weighted by Crippen LogP contribution is 2.61. The minimum atomic E-state index is -0.158. The molecule has 0 saturated carbocycles. The van der Waals surface area contributed by atoms with Gasteiger partial charge in [-0.1, -0.05) is 170 Å². The minimum absolute atomic E-state index is 0.158. The number of allylic oxidation sites excluding steroid dienone is 5. The van der Waals surface area contributed by atoms with Gasteiger partial charge in [0.1, 0.15) is 0 Å². The molecule has 13 rings (SSSR count). The number of hydrogen-bond acceptors (Lipinski definition) is 2. The van der Waals surface area contributed by atoms with E-state index < -0.39 is 0 Å². The highest BCUT2D eigenvalue weighted by atomic mass is 32.2. The predicted octanol–water partition coefficient (Wildman–Crippen LogP) is 16.8. The van der Waals surface area contributed by atoms with Gasteiger partial charge in [-0.2, -0.15) is 0 Å². The maximum Gasteiger partial charge on any atom is 0.0412 e. The van der Waals surface area contributed by atoms with E-state index in [4.69, 9.17) is 0 Å². The molecule has 1 atom stereocenters. The average molecular weight is 811 g/mol. The number of fused-ring (bicyclic) bond motifs is 10. The van der Waals surface area contributed by atoms with Crippen molar-refractivity contribution in [2.45, 2.75) is 36.5 Å². The molecule has 2 aliphatic carbocycles. The first kappa shape index (κ1) is 35.2. The number of benzene rings is 8. The van der Waals surface area contributed by atoms with E-state index in [2.05, 4.69) is 189 Å². The average Bonchev–Trinajstić information content (AvgIpc) is 3.84. The second-order valence-electron chi connectivity index (χ2n) is 17.0. The summed E-state index contributed by atoms with van der Waals surface area (Å²) >= 11 is 3.87. The lowest BCUT2D eigenvalue weighted by atomic mass is 9.70. The molecule has 1 unspecified atom stereocenters. The summed E-state index contributed by atoms with van der Waals surface area (Å²) in [5.41, 5.74) is 14.6. The quantitative estimate of drug-likeness (QED) is 0.171. The molecule has 0 radical (unpaired) electrons. The summed E-state index contributed by atoms with van der Waals surface area (Å²) in [6, 6.07) is 63.2. The van der Waals surface area contributed by atoms with E-state index in [9.17, 15) is 0 Å². The van der Waals surface area contributed by atoms with Crippen molar-refractivity contribution >= 4 is 87.2 Å². The molecule has 0 saturated heterocycles. The van der Waals surface area contributed by atoms with Crippen LogP contribution in [0.4, 0.5) is 0 Å². The molecule has 0 spiro atoms. The van der Waals surface area contributed by atoms with E-state index in [1.54, 1.807) is 0 Å². The molecular weight excluding hydrogens is 773 g/mol. The van der Waals surface area contributed by atoms with Crippen LogP contribution in [0.25, 0.3) is 97.5 Å². The van der Waals surface area contributed by atoms with Crippen LogP contribution in [-0.4, -0.2) is 0 Å². The molecule has 1 aliphatic heterocycles. The van der Waals surface area contributed by atoms with Crippen LogP contribution >= 0.6 is 23.1 Å². The topological polar surface area (TPSA) is 0 Å². The summed E-state index contributed by atoms with van der Waals surface area (Å²) < 4.78 is 2.69. The fourth-order valence-corrected chi connectivity index (χ4v) is 13.5. The number of rotatable bonds is 4. The van der Waals surface area contributed by atoms with Gasteiger partial charge in [-0.3, -0.25) is 0 Å². The van der Waals surface area contributed by atoms with E-state index >= 15 is 0 Å². The normalized spacial score (nSPS) is 16.7. The lowest BCUT2D eigenvalue weighted by Crippen LogP contribution is -2.22. The van der Waals surface area contributed by atoms with E-state index in [-0.39, 0.29) is 5.41 Å². The largest absolute Gasteiger partial charge is 0.135 e. The predicted molar refractivity (Wildman–Crippen MR) is 264 cm³/mol. The van der Waals surface area contributed by atoms with Gasteiger partial charge in [0.05, 0.1) is 0 Å². The number of thiophene rings is 1. The maximum absolute atomic E-state index is 3.61. The van der Waals surface area contributed by atoms with E-state index in [0.29, 0.717) is 0 Å². The summed E-state index contributed by atoms with van der Waals surface area (Å²) in [5, 5.41) is 10.2. The molecule has 9 aromatic carbocycles. The van der Waals surface area contributed by atoms with Crippen LogP contribution in [0.5, 0.6) is 0 Å². The summed E-state index contributed by atoms with van der Waals surface area (Å²) in [4.78, 5) is 2.79. The van der Waals surface area contributed by atoms with E-state index in [1.807, 2.05) is 29.2 Å². The van der Waals surface area contributed by atoms with Crippen molar-refractivity contribution in [1.82, 2.24) is 0 Å². The van der Waals surface area contributed by atoms with Gasteiger partial charge in [0.15, 0.2) is 0 Å². The van der Waals surface area contributed by atoms with Crippen LogP contribution < -0.4 is 0 Å². The molecule has 3 aliphatic rings. The molecule has 286 valence electrons. The van der Waals surface area contributed by atoms with Crippen molar-refractivity contribution in [2.75, 3.05) is 0 Å². The minimum Gasteiger partial charge on any atom is -0.135 e. The van der Waals surface area contributed by atoms with Gasteiger partial charge in [0, 0.05) is 46.3 Å². The lowest BCUT2D eigenvalue weighted by molar-refractivity contribution is 0.592. The molecule has 1 aromatic heterocycles. The van der Waals surface area contributed by atoms with Gasteiger partial charge >= 0.3 is 0 Å². The Hall–Kier alpha value is -6.63. The first-order valence-electron chi connectivity index (χ1n) is 21.4. The van der Waals surface area contributed by atoms with Crippen molar-refractivity contribution in [2.24, 2.45) is 0 Å². The van der Waals surface area contributed by atoms with Crippen LogP contribution in [0.1, 0.15) is 42.0 Å². The Labute approximate surface area is 364 Å². The summed E-state index contributed by atoms with van der Waals surface area (Å²) in [6.45, 7) is 2.49. The maximum atomic E-state index is 3.61. The van der Waals surface area contributed by atoms with E-state index in [1.165, 1.54) is 118 Å². The lowest BCUT2D eigenvalue weighted by Gasteiger charge is -2.32. The van der Waals surface area contributed by atoms with Gasteiger partial charge in [0.25, 0.3) is 0 Å². The zero-order chi connectivity index (χ0) is 40.2.